The van der Waals surface area contributed by atoms with Crippen molar-refractivity contribution < 1.29 is 9.50 Å². The summed E-state index contributed by atoms with van der Waals surface area (Å²) in [5.74, 6) is -0.183. The van der Waals surface area contributed by atoms with Gasteiger partial charge in [0.15, 0.2) is 0 Å². The Balaban J connectivity index is 3.19. The molecular formula is C13H19FO. The van der Waals surface area contributed by atoms with Crippen LogP contribution in [-0.2, 0) is 5.60 Å². The fraction of sp³-hybridized carbons (Fsp3) is 0.538. The summed E-state index contributed by atoms with van der Waals surface area (Å²) in [6, 6.07) is 4.56. The Hall–Kier alpha value is -0.890. The van der Waals surface area contributed by atoms with Crippen molar-refractivity contribution in [1.82, 2.24) is 0 Å². The number of hydrogen-bond donors (Lipinski definition) is 1. The van der Waals surface area contributed by atoms with Crippen LogP contribution in [0.25, 0.3) is 0 Å². The average Bonchev–Trinajstić information content (AvgIpc) is 2.20. The lowest BCUT2D eigenvalue weighted by atomic mass is 9.80. The summed E-state index contributed by atoms with van der Waals surface area (Å²) in [5, 5.41) is 10.4. The largest absolute Gasteiger partial charge is 0.385 e. The van der Waals surface area contributed by atoms with Crippen LogP contribution < -0.4 is 0 Å². The van der Waals surface area contributed by atoms with Gasteiger partial charge in [0.05, 0.1) is 5.60 Å². The molecule has 1 nitrogen and oxygen atoms in total. The smallest absolute Gasteiger partial charge is 0.123 e. The first-order valence-electron chi connectivity index (χ1n) is 5.38. The average molecular weight is 210 g/mol. The predicted octanol–water partition coefficient (Wildman–Crippen LogP) is 3.39. The van der Waals surface area contributed by atoms with E-state index in [-0.39, 0.29) is 11.7 Å². The maximum absolute atomic E-state index is 13.1. The van der Waals surface area contributed by atoms with Gasteiger partial charge in [-0.3, -0.25) is 0 Å². The van der Waals surface area contributed by atoms with Gasteiger partial charge in [-0.25, -0.2) is 4.39 Å². The van der Waals surface area contributed by atoms with E-state index in [2.05, 4.69) is 0 Å². The third kappa shape index (κ3) is 2.37. The van der Waals surface area contributed by atoms with E-state index in [0.29, 0.717) is 5.56 Å². The molecule has 0 saturated heterocycles. The van der Waals surface area contributed by atoms with Gasteiger partial charge in [0.1, 0.15) is 5.82 Å². The van der Waals surface area contributed by atoms with Crippen molar-refractivity contribution in [2.24, 2.45) is 5.92 Å². The highest BCUT2D eigenvalue weighted by molar-refractivity contribution is 5.31. The molecule has 2 unspecified atom stereocenters. The van der Waals surface area contributed by atoms with Gasteiger partial charge in [-0.2, -0.15) is 0 Å². The standard InChI is InChI=1S/C13H19FO/c1-5-10(3)13(4,15)12-8-11(14)7-6-9(12)2/h6-8,10,15H,5H2,1-4H3. The number of aliphatic hydroxyl groups is 1. The molecule has 0 amide bonds. The second-order valence-electron chi connectivity index (χ2n) is 4.42. The molecule has 15 heavy (non-hydrogen) atoms. The van der Waals surface area contributed by atoms with E-state index in [4.69, 9.17) is 0 Å². The molecule has 0 aromatic heterocycles. The van der Waals surface area contributed by atoms with Gasteiger partial charge >= 0.3 is 0 Å². The highest BCUT2D eigenvalue weighted by atomic mass is 19.1. The van der Waals surface area contributed by atoms with Gasteiger partial charge in [0.25, 0.3) is 0 Å². The Morgan fingerprint density at radius 3 is 2.60 bits per heavy atom. The summed E-state index contributed by atoms with van der Waals surface area (Å²) in [7, 11) is 0. The van der Waals surface area contributed by atoms with E-state index in [1.54, 1.807) is 13.0 Å². The van der Waals surface area contributed by atoms with Crippen LogP contribution in [0.4, 0.5) is 4.39 Å². The van der Waals surface area contributed by atoms with Crippen molar-refractivity contribution in [1.29, 1.82) is 0 Å². The quantitative estimate of drug-likeness (QED) is 0.810. The van der Waals surface area contributed by atoms with E-state index in [1.807, 2.05) is 20.8 Å². The number of hydrogen-bond acceptors (Lipinski definition) is 1. The molecule has 0 radical (unpaired) electrons. The first kappa shape index (κ1) is 12.2. The lowest BCUT2D eigenvalue weighted by molar-refractivity contribution is -0.000802. The van der Waals surface area contributed by atoms with Gasteiger partial charge < -0.3 is 5.11 Å². The van der Waals surface area contributed by atoms with E-state index in [9.17, 15) is 9.50 Å². The van der Waals surface area contributed by atoms with Crippen LogP contribution in [0.3, 0.4) is 0 Å². The van der Waals surface area contributed by atoms with Gasteiger partial charge in [0, 0.05) is 0 Å². The molecule has 1 N–H and O–H groups in total. The van der Waals surface area contributed by atoms with E-state index in [0.717, 1.165) is 12.0 Å². The molecular weight excluding hydrogens is 191 g/mol. The summed E-state index contributed by atoms with van der Waals surface area (Å²) in [6.07, 6.45) is 0.864. The summed E-state index contributed by atoms with van der Waals surface area (Å²) in [6.45, 7) is 7.65. The fourth-order valence-corrected chi connectivity index (χ4v) is 1.80. The van der Waals surface area contributed by atoms with Crippen molar-refractivity contribution in [3.8, 4) is 0 Å². The van der Waals surface area contributed by atoms with Crippen LogP contribution in [-0.4, -0.2) is 5.11 Å². The SMILES string of the molecule is CCC(C)C(C)(O)c1cc(F)ccc1C. The summed E-state index contributed by atoms with van der Waals surface area (Å²) < 4.78 is 13.1. The molecule has 0 bridgehead atoms. The van der Waals surface area contributed by atoms with E-state index in [1.165, 1.54) is 12.1 Å². The highest BCUT2D eigenvalue weighted by Crippen LogP contribution is 2.33. The zero-order valence-corrected chi connectivity index (χ0v) is 9.84. The van der Waals surface area contributed by atoms with Crippen LogP contribution in [0.5, 0.6) is 0 Å². The maximum atomic E-state index is 13.1. The molecule has 0 aliphatic rings. The zero-order chi connectivity index (χ0) is 11.6. The molecule has 2 atom stereocenters. The van der Waals surface area contributed by atoms with E-state index < -0.39 is 5.60 Å². The molecule has 0 fully saturated rings. The van der Waals surface area contributed by atoms with Gasteiger partial charge in [-0.05, 0) is 43.0 Å². The molecule has 1 aromatic carbocycles. The minimum atomic E-state index is -0.957. The third-order valence-electron chi connectivity index (χ3n) is 3.32. The lowest BCUT2D eigenvalue weighted by Gasteiger charge is -2.31. The first-order valence-corrected chi connectivity index (χ1v) is 5.38. The molecule has 1 aromatic rings. The van der Waals surface area contributed by atoms with Crippen molar-refractivity contribution in [2.75, 3.05) is 0 Å². The first-order chi connectivity index (χ1) is 6.89. The highest BCUT2D eigenvalue weighted by Gasteiger charge is 2.30. The summed E-state index contributed by atoms with van der Waals surface area (Å²) in [4.78, 5) is 0. The Kier molecular flexibility index (Phi) is 3.50. The van der Waals surface area contributed by atoms with Gasteiger partial charge in [-0.1, -0.05) is 26.3 Å². The molecule has 0 heterocycles. The predicted molar refractivity (Wildman–Crippen MR) is 60.2 cm³/mol. The summed E-state index contributed by atoms with van der Waals surface area (Å²) in [5.41, 5.74) is 0.666. The summed E-state index contributed by atoms with van der Waals surface area (Å²) >= 11 is 0. The van der Waals surface area contributed by atoms with E-state index >= 15 is 0 Å². The topological polar surface area (TPSA) is 20.2 Å². The molecule has 0 spiro atoms. The van der Waals surface area contributed by atoms with Crippen LogP contribution in [0.15, 0.2) is 18.2 Å². The fourth-order valence-electron chi connectivity index (χ4n) is 1.80. The molecule has 84 valence electrons. The number of benzene rings is 1. The molecule has 0 saturated carbocycles. The van der Waals surface area contributed by atoms with Crippen molar-refractivity contribution >= 4 is 0 Å². The second kappa shape index (κ2) is 4.31. The molecule has 0 aliphatic carbocycles. The molecule has 1 rings (SSSR count). The van der Waals surface area contributed by atoms with Crippen molar-refractivity contribution in [3.05, 3.63) is 35.1 Å². The third-order valence-corrected chi connectivity index (χ3v) is 3.32. The Morgan fingerprint density at radius 1 is 1.47 bits per heavy atom. The minimum Gasteiger partial charge on any atom is -0.385 e. The second-order valence-corrected chi connectivity index (χ2v) is 4.42. The van der Waals surface area contributed by atoms with Gasteiger partial charge in [0.2, 0.25) is 0 Å². The number of halogens is 1. The minimum absolute atomic E-state index is 0.109. The monoisotopic (exact) mass is 210 g/mol. The number of aryl methyl sites for hydroxylation is 1. The maximum Gasteiger partial charge on any atom is 0.123 e. The van der Waals surface area contributed by atoms with Crippen LogP contribution in [0.1, 0.15) is 38.3 Å². The van der Waals surface area contributed by atoms with Crippen LogP contribution in [0.2, 0.25) is 0 Å². The van der Waals surface area contributed by atoms with Crippen LogP contribution >= 0.6 is 0 Å². The van der Waals surface area contributed by atoms with Crippen LogP contribution in [0, 0.1) is 18.7 Å². The molecule has 2 heteroatoms. The van der Waals surface area contributed by atoms with Crippen molar-refractivity contribution in [3.63, 3.8) is 0 Å². The number of rotatable bonds is 3. The Bertz CT molecular complexity index is 344. The Morgan fingerprint density at radius 2 is 2.07 bits per heavy atom. The molecule has 0 aliphatic heterocycles. The Labute approximate surface area is 90.9 Å². The normalized spacial score (nSPS) is 17.2. The lowest BCUT2D eigenvalue weighted by Crippen LogP contribution is -2.30. The zero-order valence-electron chi connectivity index (χ0n) is 9.84. The van der Waals surface area contributed by atoms with Gasteiger partial charge in [-0.15, -0.1) is 0 Å². The van der Waals surface area contributed by atoms with Crippen molar-refractivity contribution in [2.45, 2.75) is 39.7 Å².